The van der Waals surface area contributed by atoms with E-state index in [-0.39, 0.29) is 30.1 Å². The van der Waals surface area contributed by atoms with Crippen molar-refractivity contribution in [3.05, 3.63) is 34.8 Å². The van der Waals surface area contributed by atoms with Gasteiger partial charge in [-0.05, 0) is 24.5 Å². The van der Waals surface area contributed by atoms with Crippen molar-refractivity contribution in [1.29, 1.82) is 0 Å². The van der Waals surface area contributed by atoms with Crippen LogP contribution < -0.4 is 11.3 Å². The molecule has 6 nitrogen and oxygen atoms in total. The van der Waals surface area contributed by atoms with Crippen molar-refractivity contribution in [2.45, 2.75) is 18.9 Å². The Bertz CT molecular complexity index is 700. The molecule has 0 radical (unpaired) electrons. The highest BCUT2D eigenvalue weighted by Crippen LogP contribution is 2.39. The summed E-state index contributed by atoms with van der Waals surface area (Å²) in [5, 5.41) is 9.82. The number of H-pyrrole nitrogens is 1. The molecule has 0 spiro atoms. The maximum absolute atomic E-state index is 11.8. The second-order valence-electron chi connectivity index (χ2n) is 4.96. The monoisotopic (exact) mass is 260 g/mol. The van der Waals surface area contributed by atoms with Crippen molar-refractivity contribution in [3.8, 4) is 0 Å². The van der Waals surface area contributed by atoms with Gasteiger partial charge in [0.1, 0.15) is 5.65 Å². The number of nitrogens with two attached hydrogens (primary N) is 1. The van der Waals surface area contributed by atoms with Crippen LogP contribution in [0.25, 0.3) is 11.0 Å². The first-order valence-electron chi connectivity index (χ1n) is 6.27. The molecule has 2 heterocycles. The molecule has 2 aromatic rings. The second-order valence-corrected chi connectivity index (χ2v) is 4.96. The number of nitrogens with one attached hydrogen (secondary N) is 1. The quantitative estimate of drug-likeness (QED) is 0.696. The van der Waals surface area contributed by atoms with Crippen molar-refractivity contribution >= 4 is 17.0 Å². The van der Waals surface area contributed by atoms with Gasteiger partial charge in [-0.25, -0.2) is 0 Å². The zero-order valence-corrected chi connectivity index (χ0v) is 10.5. The number of aliphatic hydroxyl groups is 1. The van der Waals surface area contributed by atoms with E-state index in [1.807, 2.05) is 10.8 Å². The number of nitrogens with zero attached hydrogens (tertiary/aromatic N) is 2. The topological polar surface area (TPSA) is 96.9 Å². The van der Waals surface area contributed by atoms with Crippen LogP contribution >= 0.6 is 0 Å². The number of hydrogen-bond donors (Lipinski definition) is 3. The highest BCUT2D eigenvalue weighted by molar-refractivity contribution is 5.76. The van der Waals surface area contributed by atoms with Gasteiger partial charge in [0.25, 0.3) is 5.56 Å². The molecule has 0 amide bonds. The van der Waals surface area contributed by atoms with Crippen LogP contribution in [0.1, 0.15) is 18.9 Å². The molecule has 4 N–H and O–H groups in total. The van der Waals surface area contributed by atoms with Crippen LogP contribution in [0.5, 0.6) is 0 Å². The fraction of sp³-hybridized carbons (Fsp3) is 0.385. The smallest absolute Gasteiger partial charge is 0.261 e. The number of nitrogen functional groups attached to an aromatic ring is 1. The molecular weight excluding hydrogens is 244 g/mol. The molecule has 0 aliphatic heterocycles. The van der Waals surface area contributed by atoms with Crippen molar-refractivity contribution in [2.75, 3.05) is 12.3 Å². The molecule has 0 aromatic carbocycles. The highest BCUT2D eigenvalue weighted by atomic mass is 16.3. The molecule has 2 atom stereocenters. The molecule has 100 valence electrons. The zero-order chi connectivity index (χ0) is 13.6. The lowest BCUT2D eigenvalue weighted by Crippen LogP contribution is -2.14. The van der Waals surface area contributed by atoms with Gasteiger partial charge >= 0.3 is 0 Å². The average Bonchev–Trinajstić information content (AvgIpc) is 2.92. The minimum atomic E-state index is -0.233. The summed E-state index contributed by atoms with van der Waals surface area (Å²) in [7, 11) is 0. The van der Waals surface area contributed by atoms with Crippen LogP contribution in [-0.4, -0.2) is 26.2 Å². The fourth-order valence-electron chi connectivity index (χ4n) is 2.84. The van der Waals surface area contributed by atoms with E-state index in [2.05, 4.69) is 16.5 Å². The predicted octanol–water partition coefficient (Wildman–Crippen LogP) is 0.806. The van der Waals surface area contributed by atoms with E-state index in [1.165, 1.54) is 0 Å². The summed E-state index contributed by atoms with van der Waals surface area (Å²) in [4.78, 5) is 18.5. The number of fused-ring (bicyclic) bond motifs is 1. The van der Waals surface area contributed by atoms with Crippen molar-refractivity contribution in [1.82, 2.24) is 14.5 Å². The third-order valence-corrected chi connectivity index (χ3v) is 3.90. The van der Waals surface area contributed by atoms with E-state index < -0.39 is 0 Å². The second kappa shape index (κ2) is 4.24. The van der Waals surface area contributed by atoms with Gasteiger partial charge in [-0.15, -0.1) is 0 Å². The Kier molecular flexibility index (Phi) is 2.67. The summed E-state index contributed by atoms with van der Waals surface area (Å²) >= 11 is 0. The van der Waals surface area contributed by atoms with E-state index in [0.29, 0.717) is 11.0 Å². The molecule has 1 aliphatic carbocycles. The lowest BCUT2D eigenvalue weighted by molar-refractivity contribution is 0.249. The Hall–Kier alpha value is -2.08. The van der Waals surface area contributed by atoms with Crippen molar-refractivity contribution < 1.29 is 5.11 Å². The van der Waals surface area contributed by atoms with Gasteiger partial charge in [-0.1, -0.05) is 6.58 Å². The number of aromatic amines is 1. The third-order valence-electron chi connectivity index (χ3n) is 3.90. The van der Waals surface area contributed by atoms with Crippen molar-refractivity contribution in [3.63, 3.8) is 0 Å². The molecular formula is C13H16N4O2. The lowest BCUT2D eigenvalue weighted by Gasteiger charge is -2.16. The first-order valence-corrected chi connectivity index (χ1v) is 6.27. The number of anilines is 1. The molecule has 0 bridgehead atoms. The minimum Gasteiger partial charge on any atom is -0.396 e. The number of hydrogen-bond acceptors (Lipinski definition) is 4. The van der Waals surface area contributed by atoms with Gasteiger partial charge in [0.05, 0.1) is 11.4 Å². The van der Waals surface area contributed by atoms with Gasteiger partial charge in [0.15, 0.2) is 0 Å². The molecule has 3 rings (SSSR count). The van der Waals surface area contributed by atoms with Gasteiger partial charge in [-0.2, -0.15) is 4.98 Å². The van der Waals surface area contributed by atoms with Crippen LogP contribution in [0.2, 0.25) is 0 Å². The predicted molar refractivity (Wildman–Crippen MR) is 72.8 cm³/mol. The Morgan fingerprint density at radius 3 is 3.05 bits per heavy atom. The molecule has 1 aliphatic rings. The minimum absolute atomic E-state index is 0.0725. The molecule has 1 fully saturated rings. The van der Waals surface area contributed by atoms with Crippen molar-refractivity contribution in [2.24, 2.45) is 5.92 Å². The van der Waals surface area contributed by atoms with Gasteiger partial charge in [0.2, 0.25) is 5.95 Å². The van der Waals surface area contributed by atoms with Crippen LogP contribution in [0.4, 0.5) is 5.95 Å². The Balaban J connectivity index is 2.12. The Labute approximate surface area is 109 Å². The molecule has 19 heavy (non-hydrogen) atoms. The normalized spacial score (nSPS) is 23.3. The summed E-state index contributed by atoms with van der Waals surface area (Å²) in [5.74, 6) is 0.238. The molecule has 6 heteroatoms. The summed E-state index contributed by atoms with van der Waals surface area (Å²) < 4.78 is 1.93. The van der Waals surface area contributed by atoms with Gasteiger partial charge < -0.3 is 15.4 Å². The van der Waals surface area contributed by atoms with E-state index in [9.17, 15) is 9.90 Å². The molecule has 2 aromatic heterocycles. The summed E-state index contributed by atoms with van der Waals surface area (Å²) in [5.41, 5.74) is 6.93. The Morgan fingerprint density at radius 2 is 2.37 bits per heavy atom. The van der Waals surface area contributed by atoms with Crippen LogP contribution in [0, 0.1) is 5.92 Å². The first-order chi connectivity index (χ1) is 9.11. The van der Waals surface area contributed by atoms with Gasteiger partial charge in [-0.3, -0.25) is 9.78 Å². The Morgan fingerprint density at radius 1 is 1.58 bits per heavy atom. The third kappa shape index (κ3) is 1.76. The number of rotatable bonds is 2. The summed E-state index contributed by atoms with van der Waals surface area (Å²) in [6.45, 7) is 4.19. The van der Waals surface area contributed by atoms with E-state index in [0.717, 1.165) is 18.4 Å². The molecule has 1 saturated carbocycles. The molecule has 2 unspecified atom stereocenters. The largest absolute Gasteiger partial charge is 0.396 e. The van der Waals surface area contributed by atoms with Gasteiger partial charge in [0, 0.05) is 18.7 Å². The van der Waals surface area contributed by atoms with E-state index in [1.54, 1.807) is 6.07 Å². The summed E-state index contributed by atoms with van der Waals surface area (Å²) in [6.07, 6.45) is 3.63. The maximum Gasteiger partial charge on any atom is 0.261 e. The number of aliphatic hydroxyl groups excluding tert-OH is 1. The molecule has 0 saturated heterocycles. The maximum atomic E-state index is 11.8. The van der Waals surface area contributed by atoms with Crippen LogP contribution in [-0.2, 0) is 0 Å². The standard InChI is InChI=1S/C13H16N4O2/c1-7-8(6-18)2-3-10(7)17-5-4-9-11(17)15-13(14)16-12(9)19/h4-5,8,10,18H,1-3,6H2,(H3,14,15,16,19). The van der Waals surface area contributed by atoms with Crippen LogP contribution in [0.15, 0.2) is 29.2 Å². The summed E-state index contributed by atoms with van der Waals surface area (Å²) in [6, 6.07) is 1.81. The number of aromatic nitrogens is 3. The SMILES string of the molecule is C=C1C(CO)CCC1n1ccc2c(=O)[nH]c(N)nc21. The lowest BCUT2D eigenvalue weighted by atomic mass is 10.0. The highest BCUT2D eigenvalue weighted by Gasteiger charge is 2.30. The van der Waals surface area contributed by atoms with Crippen LogP contribution in [0.3, 0.4) is 0 Å². The average molecular weight is 260 g/mol. The first kappa shape index (κ1) is 12.0. The fourth-order valence-corrected chi connectivity index (χ4v) is 2.84. The van der Waals surface area contributed by atoms with E-state index >= 15 is 0 Å². The van der Waals surface area contributed by atoms with E-state index in [4.69, 9.17) is 5.73 Å². The zero-order valence-electron chi connectivity index (χ0n) is 10.5.